The zero-order chi connectivity index (χ0) is 13.9. The Labute approximate surface area is 119 Å². The van der Waals surface area contributed by atoms with Crippen molar-refractivity contribution in [2.75, 3.05) is 13.1 Å². The van der Waals surface area contributed by atoms with Gasteiger partial charge in [-0.1, -0.05) is 42.5 Å². The predicted molar refractivity (Wildman–Crippen MR) is 81.5 cm³/mol. The minimum atomic E-state index is 0.147. The molecule has 0 bridgehead atoms. The van der Waals surface area contributed by atoms with Crippen LogP contribution in [0.4, 0.5) is 0 Å². The maximum atomic E-state index is 12.0. The Balaban J connectivity index is 1.66. The summed E-state index contributed by atoms with van der Waals surface area (Å²) in [5.74, 6) is 0.711. The Hall–Kier alpha value is -1.87. The second-order valence-corrected chi connectivity index (χ2v) is 5.49. The molecule has 1 aliphatic carbocycles. The van der Waals surface area contributed by atoms with E-state index in [-0.39, 0.29) is 11.8 Å². The highest BCUT2D eigenvalue weighted by Crippen LogP contribution is 2.48. The summed E-state index contributed by atoms with van der Waals surface area (Å²) in [6, 6.07) is 14.9. The van der Waals surface area contributed by atoms with Crippen LogP contribution in [0.25, 0.3) is 10.8 Å². The van der Waals surface area contributed by atoms with Gasteiger partial charge in [0.2, 0.25) is 5.91 Å². The predicted octanol–water partition coefficient (Wildman–Crippen LogP) is 2.41. The van der Waals surface area contributed by atoms with Crippen LogP contribution in [0.1, 0.15) is 24.3 Å². The van der Waals surface area contributed by atoms with Gasteiger partial charge in [0.25, 0.3) is 0 Å². The molecule has 3 N–H and O–H groups in total. The molecule has 3 nitrogen and oxygen atoms in total. The van der Waals surface area contributed by atoms with Gasteiger partial charge in [0.1, 0.15) is 0 Å². The highest BCUT2D eigenvalue weighted by molar-refractivity contribution is 5.85. The molecule has 2 atom stereocenters. The Kier molecular flexibility index (Phi) is 3.70. The highest BCUT2D eigenvalue weighted by atomic mass is 16.2. The first-order chi connectivity index (χ1) is 9.79. The van der Waals surface area contributed by atoms with Gasteiger partial charge < -0.3 is 11.1 Å². The lowest BCUT2D eigenvalue weighted by Gasteiger charge is -2.05. The highest BCUT2D eigenvalue weighted by Gasteiger charge is 2.43. The van der Waals surface area contributed by atoms with E-state index in [1.165, 1.54) is 16.3 Å². The molecule has 20 heavy (non-hydrogen) atoms. The second-order valence-electron chi connectivity index (χ2n) is 5.49. The van der Waals surface area contributed by atoms with E-state index in [2.05, 4.69) is 41.7 Å². The monoisotopic (exact) mass is 268 g/mol. The van der Waals surface area contributed by atoms with Crippen molar-refractivity contribution >= 4 is 16.7 Å². The van der Waals surface area contributed by atoms with E-state index in [0.717, 1.165) is 12.8 Å². The van der Waals surface area contributed by atoms with E-state index in [9.17, 15) is 4.79 Å². The SMILES string of the molecule is NCCCNC(=O)C1CC1c1ccc2ccccc2c1. The van der Waals surface area contributed by atoms with Crippen LogP contribution in [0.3, 0.4) is 0 Å². The van der Waals surface area contributed by atoms with Crippen molar-refractivity contribution < 1.29 is 4.79 Å². The van der Waals surface area contributed by atoms with Crippen LogP contribution < -0.4 is 11.1 Å². The molecule has 0 spiro atoms. The molecule has 104 valence electrons. The number of nitrogens with one attached hydrogen (secondary N) is 1. The van der Waals surface area contributed by atoms with Crippen molar-refractivity contribution in [1.82, 2.24) is 5.32 Å². The number of amides is 1. The molecule has 3 rings (SSSR count). The maximum Gasteiger partial charge on any atom is 0.223 e. The summed E-state index contributed by atoms with van der Waals surface area (Å²) < 4.78 is 0. The van der Waals surface area contributed by atoms with Crippen LogP contribution in [0.5, 0.6) is 0 Å². The minimum absolute atomic E-state index is 0.147. The number of benzene rings is 2. The Bertz CT molecular complexity index is 623. The molecule has 1 amide bonds. The molecule has 0 aliphatic heterocycles. The van der Waals surface area contributed by atoms with E-state index >= 15 is 0 Å². The van der Waals surface area contributed by atoms with Gasteiger partial charge in [-0.3, -0.25) is 4.79 Å². The van der Waals surface area contributed by atoms with E-state index in [0.29, 0.717) is 19.0 Å². The van der Waals surface area contributed by atoms with Gasteiger partial charge in [0, 0.05) is 12.5 Å². The van der Waals surface area contributed by atoms with Gasteiger partial charge in [-0.25, -0.2) is 0 Å². The number of carbonyl (C=O) groups excluding carboxylic acids is 1. The fraction of sp³-hybridized carbons (Fsp3) is 0.353. The molecular formula is C17H20N2O. The van der Waals surface area contributed by atoms with Gasteiger partial charge in [-0.05, 0) is 41.6 Å². The molecule has 1 saturated carbocycles. The summed E-state index contributed by atoms with van der Waals surface area (Å²) in [6.45, 7) is 1.31. The molecule has 1 fully saturated rings. The van der Waals surface area contributed by atoms with Crippen molar-refractivity contribution in [1.29, 1.82) is 0 Å². The van der Waals surface area contributed by atoms with Gasteiger partial charge in [0.15, 0.2) is 0 Å². The molecule has 0 saturated heterocycles. The third-order valence-electron chi connectivity index (χ3n) is 4.01. The summed E-state index contributed by atoms with van der Waals surface area (Å²) in [5, 5.41) is 5.46. The quantitative estimate of drug-likeness (QED) is 0.818. The van der Waals surface area contributed by atoms with E-state index in [1.54, 1.807) is 0 Å². The Morgan fingerprint density at radius 3 is 2.80 bits per heavy atom. The van der Waals surface area contributed by atoms with Crippen molar-refractivity contribution in [3.8, 4) is 0 Å². The number of hydrogen-bond acceptors (Lipinski definition) is 2. The lowest BCUT2D eigenvalue weighted by atomic mass is 10.0. The van der Waals surface area contributed by atoms with Crippen LogP contribution in [-0.2, 0) is 4.79 Å². The first-order valence-electron chi connectivity index (χ1n) is 7.26. The number of nitrogens with two attached hydrogens (primary N) is 1. The average Bonchev–Trinajstić information content (AvgIpc) is 3.27. The largest absolute Gasteiger partial charge is 0.356 e. The fourth-order valence-corrected chi connectivity index (χ4v) is 2.74. The van der Waals surface area contributed by atoms with E-state index in [1.807, 2.05) is 6.07 Å². The first-order valence-corrected chi connectivity index (χ1v) is 7.26. The van der Waals surface area contributed by atoms with Crippen LogP contribution in [0.15, 0.2) is 42.5 Å². The topological polar surface area (TPSA) is 55.1 Å². The van der Waals surface area contributed by atoms with E-state index < -0.39 is 0 Å². The number of fused-ring (bicyclic) bond motifs is 1. The summed E-state index contributed by atoms with van der Waals surface area (Å²) >= 11 is 0. The lowest BCUT2D eigenvalue weighted by molar-refractivity contribution is -0.122. The molecule has 2 unspecified atom stereocenters. The van der Waals surface area contributed by atoms with Crippen molar-refractivity contribution in [2.45, 2.75) is 18.8 Å². The Morgan fingerprint density at radius 1 is 1.20 bits per heavy atom. The second kappa shape index (κ2) is 5.63. The molecule has 1 aliphatic rings. The first kappa shape index (κ1) is 13.1. The third-order valence-corrected chi connectivity index (χ3v) is 4.01. The maximum absolute atomic E-state index is 12.0. The van der Waals surface area contributed by atoms with Crippen LogP contribution in [0, 0.1) is 5.92 Å². The third kappa shape index (κ3) is 2.68. The van der Waals surface area contributed by atoms with Crippen molar-refractivity contribution in [3.05, 3.63) is 48.0 Å². The Morgan fingerprint density at radius 2 is 2.00 bits per heavy atom. The van der Waals surface area contributed by atoms with Gasteiger partial charge in [0.05, 0.1) is 0 Å². The number of rotatable bonds is 5. The van der Waals surface area contributed by atoms with Crippen LogP contribution >= 0.6 is 0 Å². The minimum Gasteiger partial charge on any atom is -0.356 e. The van der Waals surface area contributed by atoms with Crippen LogP contribution in [-0.4, -0.2) is 19.0 Å². The van der Waals surface area contributed by atoms with Crippen molar-refractivity contribution in [2.24, 2.45) is 11.7 Å². The molecule has 2 aromatic carbocycles. The van der Waals surface area contributed by atoms with Gasteiger partial charge in [-0.2, -0.15) is 0 Å². The average molecular weight is 268 g/mol. The molecule has 0 radical (unpaired) electrons. The molecule has 0 heterocycles. The molecule has 2 aromatic rings. The number of carbonyl (C=O) groups is 1. The number of hydrogen-bond donors (Lipinski definition) is 2. The summed E-state index contributed by atoms with van der Waals surface area (Å²) in [6.07, 6.45) is 1.81. The van der Waals surface area contributed by atoms with Crippen LogP contribution in [0.2, 0.25) is 0 Å². The summed E-state index contributed by atoms with van der Waals surface area (Å²) in [5.41, 5.74) is 6.71. The molecule has 0 aromatic heterocycles. The normalized spacial score (nSPS) is 20.9. The lowest BCUT2D eigenvalue weighted by Crippen LogP contribution is -2.27. The molecule has 3 heteroatoms. The smallest absolute Gasteiger partial charge is 0.223 e. The zero-order valence-electron chi connectivity index (χ0n) is 11.5. The van der Waals surface area contributed by atoms with E-state index in [4.69, 9.17) is 5.73 Å². The molecular weight excluding hydrogens is 248 g/mol. The summed E-state index contributed by atoms with van der Waals surface area (Å²) in [7, 11) is 0. The van der Waals surface area contributed by atoms with Gasteiger partial charge in [-0.15, -0.1) is 0 Å². The van der Waals surface area contributed by atoms with Gasteiger partial charge >= 0.3 is 0 Å². The summed E-state index contributed by atoms with van der Waals surface area (Å²) in [4.78, 5) is 12.0. The standard InChI is InChI=1S/C17H20N2O/c18-8-3-9-19-17(20)16-11-15(16)14-7-6-12-4-1-2-5-13(12)10-14/h1-2,4-7,10,15-16H,3,8-9,11,18H2,(H,19,20). The van der Waals surface area contributed by atoms with Crippen molar-refractivity contribution in [3.63, 3.8) is 0 Å². The fourth-order valence-electron chi connectivity index (χ4n) is 2.74. The zero-order valence-corrected chi connectivity index (χ0v) is 11.5.